The lowest BCUT2D eigenvalue weighted by Crippen LogP contribution is -2.35. The van der Waals surface area contributed by atoms with E-state index in [2.05, 4.69) is 10.3 Å². The van der Waals surface area contributed by atoms with Crippen LogP contribution in [-0.2, 0) is 14.8 Å². The molecule has 1 unspecified atom stereocenters. The predicted octanol–water partition coefficient (Wildman–Crippen LogP) is 1.64. The predicted molar refractivity (Wildman–Crippen MR) is 90.5 cm³/mol. The molecule has 0 bridgehead atoms. The van der Waals surface area contributed by atoms with Crippen LogP contribution in [0.2, 0.25) is 0 Å². The Morgan fingerprint density at radius 2 is 2.08 bits per heavy atom. The van der Waals surface area contributed by atoms with Crippen LogP contribution < -0.4 is 14.4 Å². The Hall–Kier alpha value is -2.61. The number of para-hydroxylation sites is 2. The van der Waals surface area contributed by atoms with Crippen molar-refractivity contribution in [1.82, 2.24) is 4.98 Å². The molecule has 1 amide bonds. The number of sulfonamides is 1. The molecule has 1 aliphatic rings. The summed E-state index contributed by atoms with van der Waals surface area (Å²) in [5.74, 6) is 0.0277. The lowest BCUT2D eigenvalue weighted by atomic mass is 10.2. The maximum atomic E-state index is 12.5. The fourth-order valence-electron chi connectivity index (χ4n) is 2.52. The highest BCUT2D eigenvalue weighted by molar-refractivity contribution is 7.92. The summed E-state index contributed by atoms with van der Waals surface area (Å²) in [6, 6.07) is 10.2. The fourth-order valence-corrected chi connectivity index (χ4v) is 3.46. The van der Waals surface area contributed by atoms with Crippen LogP contribution >= 0.6 is 0 Å². The van der Waals surface area contributed by atoms with Gasteiger partial charge in [-0.2, -0.15) is 0 Å². The summed E-state index contributed by atoms with van der Waals surface area (Å²) in [6.07, 6.45) is 3.73. The lowest BCUT2D eigenvalue weighted by Gasteiger charge is -2.20. The molecule has 1 atom stereocenters. The average Bonchev–Trinajstić information content (AvgIpc) is 2.75. The zero-order valence-electron chi connectivity index (χ0n) is 13.0. The topological polar surface area (TPSA) is 88.6 Å². The van der Waals surface area contributed by atoms with E-state index < -0.39 is 16.1 Å². The minimum atomic E-state index is -3.46. The van der Waals surface area contributed by atoms with Crippen LogP contribution in [0.25, 0.3) is 0 Å². The van der Waals surface area contributed by atoms with Gasteiger partial charge >= 0.3 is 0 Å². The zero-order chi connectivity index (χ0) is 17.2. The van der Waals surface area contributed by atoms with Crippen LogP contribution in [0.3, 0.4) is 0 Å². The van der Waals surface area contributed by atoms with Gasteiger partial charge in [-0.3, -0.25) is 14.1 Å². The Labute approximate surface area is 140 Å². The van der Waals surface area contributed by atoms with Crippen molar-refractivity contribution in [2.45, 2.75) is 12.5 Å². The first kappa shape index (κ1) is 16.3. The van der Waals surface area contributed by atoms with Gasteiger partial charge in [-0.15, -0.1) is 0 Å². The van der Waals surface area contributed by atoms with Gasteiger partial charge in [0, 0.05) is 19.2 Å². The summed E-state index contributed by atoms with van der Waals surface area (Å²) in [5.41, 5.74) is 1.00. The van der Waals surface area contributed by atoms with E-state index in [1.807, 2.05) is 0 Å². The molecule has 3 rings (SSSR count). The summed E-state index contributed by atoms with van der Waals surface area (Å²) in [6.45, 7) is 0.168. The number of carbonyl (C=O) groups is 1. The van der Waals surface area contributed by atoms with Crippen LogP contribution in [0.5, 0.6) is 5.75 Å². The van der Waals surface area contributed by atoms with Crippen molar-refractivity contribution in [2.24, 2.45) is 0 Å². The third kappa shape index (κ3) is 3.48. The number of fused-ring (bicyclic) bond motifs is 1. The number of rotatable bonds is 3. The van der Waals surface area contributed by atoms with Crippen molar-refractivity contribution < 1.29 is 17.9 Å². The second-order valence-corrected chi connectivity index (χ2v) is 7.34. The van der Waals surface area contributed by atoms with Gasteiger partial charge in [-0.25, -0.2) is 8.42 Å². The molecule has 2 heterocycles. The van der Waals surface area contributed by atoms with Crippen LogP contribution in [-0.4, -0.2) is 38.2 Å². The first-order chi connectivity index (χ1) is 11.4. The fraction of sp³-hybridized carbons (Fsp3) is 0.250. The number of amides is 1. The van der Waals surface area contributed by atoms with E-state index in [4.69, 9.17) is 4.74 Å². The van der Waals surface area contributed by atoms with Gasteiger partial charge < -0.3 is 10.1 Å². The van der Waals surface area contributed by atoms with Gasteiger partial charge in [-0.1, -0.05) is 12.1 Å². The molecule has 0 radical (unpaired) electrons. The zero-order valence-corrected chi connectivity index (χ0v) is 13.9. The first-order valence-corrected chi connectivity index (χ1v) is 9.24. The number of ether oxygens (including phenoxy) is 1. The van der Waals surface area contributed by atoms with Crippen LogP contribution in [0.15, 0.2) is 48.8 Å². The van der Waals surface area contributed by atoms with Gasteiger partial charge in [0.25, 0.3) is 5.91 Å². The number of aromatic nitrogens is 1. The molecule has 126 valence electrons. The molecule has 1 N–H and O–H groups in total. The summed E-state index contributed by atoms with van der Waals surface area (Å²) < 4.78 is 31.1. The molecule has 0 saturated heterocycles. The molecule has 0 saturated carbocycles. The summed E-state index contributed by atoms with van der Waals surface area (Å²) >= 11 is 0. The average molecular weight is 347 g/mol. The summed E-state index contributed by atoms with van der Waals surface area (Å²) in [7, 11) is -3.46. The molecular weight excluding hydrogens is 330 g/mol. The summed E-state index contributed by atoms with van der Waals surface area (Å²) in [4.78, 5) is 16.4. The van der Waals surface area contributed by atoms with Gasteiger partial charge in [0.15, 0.2) is 6.10 Å². The normalized spacial score (nSPS) is 17.4. The highest BCUT2D eigenvalue weighted by atomic mass is 32.2. The minimum Gasteiger partial charge on any atom is -0.478 e. The molecule has 0 aliphatic carbocycles. The Morgan fingerprint density at radius 3 is 2.79 bits per heavy atom. The standard InChI is InChI=1S/C16H17N3O4S/c1-24(21,22)19-10-8-15(23-14-7-3-2-6-13(14)19)16(20)18-12-5-4-9-17-11-12/h2-7,9,11,15H,8,10H2,1H3,(H,18,20). The van der Waals surface area contributed by atoms with Crippen LogP contribution in [0.4, 0.5) is 11.4 Å². The van der Waals surface area contributed by atoms with Crippen molar-refractivity contribution in [3.63, 3.8) is 0 Å². The number of hydrogen-bond acceptors (Lipinski definition) is 5. The van der Waals surface area contributed by atoms with Crippen molar-refractivity contribution >= 4 is 27.3 Å². The van der Waals surface area contributed by atoms with Crippen LogP contribution in [0.1, 0.15) is 6.42 Å². The van der Waals surface area contributed by atoms with E-state index in [0.717, 1.165) is 6.26 Å². The largest absolute Gasteiger partial charge is 0.478 e. The Kier molecular flexibility index (Phi) is 4.39. The van der Waals surface area contributed by atoms with Crippen molar-refractivity contribution in [1.29, 1.82) is 0 Å². The Morgan fingerprint density at radius 1 is 1.29 bits per heavy atom. The number of benzene rings is 1. The quantitative estimate of drug-likeness (QED) is 0.912. The molecule has 8 heteroatoms. The van der Waals surface area contributed by atoms with E-state index >= 15 is 0 Å². The highest BCUT2D eigenvalue weighted by Gasteiger charge is 2.31. The van der Waals surface area contributed by atoms with E-state index in [-0.39, 0.29) is 18.9 Å². The Bertz CT molecular complexity index is 839. The van der Waals surface area contributed by atoms with E-state index in [9.17, 15) is 13.2 Å². The maximum Gasteiger partial charge on any atom is 0.265 e. The lowest BCUT2D eigenvalue weighted by molar-refractivity contribution is -0.122. The van der Waals surface area contributed by atoms with E-state index in [1.54, 1.807) is 42.6 Å². The number of pyridine rings is 1. The van der Waals surface area contributed by atoms with Crippen molar-refractivity contribution in [3.8, 4) is 5.75 Å². The second kappa shape index (κ2) is 6.48. The number of nitrogens with one attached hydrogen (secondary N) is 1. The number of carbonyl (C=O) groups excluding carboxylic acids is 1. The second-order valence-electron chi connectivity index (χ2n) is 5.43. The third-order valence-corrected chi connectivity index (χ3v) is 4.80. The van der Waals surface area contributed by atoms with Crippen LogP contribution in [0, 0.1) is 0 Å². The molecule has 7 nitrogen and oxygen atoms in total. The molecule has 0 fully saturated rings. The van der Waals surface area contributed by atoms with Gasteiger partial charge in [0.1, 0.15) is 5.75 Å². The maximum absolute atomic E-state index is 12.5. The first-order valence-electron chi connectivity index (χ1n) is 7.39. The third-order valence-electron chi connectivity index (χ3n) is 3.62. The monoisotopic (exact) mass is 347 g/mol. The van der Waals surface area contributed by atoms with Gasteiger partial charge in [0.05, 0.1) is 23.8 Å². The van der Waals surface area contributed by atoms with Crippen molar-refractivity contribution in [3.05, 3.63) is 48.8 Å². The van der Waals surface area contributed by atoms with Gasteiger partial charge in [-0.05, 0) is 24.3 Å². The molecule has 0 spiro atoms. The summed E-state index contributed by atoms with van der Waals surface area (Å²) in [5, 5.41) is 2.73. The van der Waals surface area contributed by atoms with Crippen molar-refractivity contribution in [2.75, 3.05) is 22.4 Å². The van der Waals surface area contributed by atoms with Gasteiger partial charge in [0.2, 0.25) is 10.0 Å². The number of hydrogen-bond donors (Lipinski definition) is 1. The molecular formula is C16H17N3O4S. The number of anilines is 2. The minimum absolute atomic E-state index is 0.168. The highest BCUT2D eigenvalue weighted by Crippen LogP contribution is 2.33. The van der Waals surface area contributed by atoms with E-state index in [1.165, 1.54) is 10.5 Å². The smallest absolute Gasteiger partial charge is 0.265 e. The molecule has 2 aromatic rings. The molecule has 1 aromatic heterocycles. The van der Waals surface area contributed by atoms with E-state index in [0.29, 0.717) is 17.1 Å². The molecule has 1 aromatic carbocycles. The number of nitrogens with zero attached hydrogens (tertiary/aromatic N) is 2. The SMILES string of the molecule is CS(=O)(=O)N1CCC(C(=O)Nc2cccnc2)Oc2ccccc21. The molecule has 24 heavy (non-hydrogen) atoms. The molecule has 1 aliphatic heterocycles. The Balaban J connectivity index is 1.85.